The van der Waals surface area contributed by atoms with Crippen molar-refractivity contribution in [3.63, 3.8) is 0 Å². The average Bonchev–Trinajstić information content (AvgIpc) is 2.74. The molecule has 3 aromatic rings. The van der Waals surface area contributed by atoms with E-state index in [-0.39, 0.29) is 17.4 Å². The number of amides is 1. The summed E-state index contributed by atoms with van der Waals surface area (Å²) >= 11 is 0. The number of carbonyl (C=O) groups is 1. The Morgan fingerprint density at radius 3 is 2.72 bits per heavy atom. The lowest BCUT2D eigenvalue weighted by Crippen LogP contribution is -2.23. The van der Waals surface area contributed by atoms with Gasteiger partial charge >= 0.3 is 0 Å². The molecule has 7 heteroatoms. The normalized spacial score (nSPS) is 10.7. The van der Waals surface area contributed by atoms with Crippen molar-refractivity contribution in [2.45, 2.75) is 6.54 Å². The van der Waals surface area contributed by atoms with Crippen LogP contribution in [0.4, 0.5) is 5.82 Å². The first-order valence-electron chi connectivity index (χ1n) is 9.37. The number of carbonyl (C=O) groups excluding carboxylic acids is 1. The SMILES string of the molecule is CNC(=O)c1nc(-c2cccc(OCCN(C)Cc3ccccc3)c2)cnc1N. The van der Waals surface area contributed by atoms with Gasteiger partial charge < -0.3 is 15.8 Å². The Bertz CT molecular complexity index is 962. The van der Waals surface area contributed by atoms with Crippen LogP contribution >= 0.6 is 0 Å². The van der Waals surface area contributed by atoms with E-state index in [0.717, 1.165) is 24.4 Å². The summed E-state index contributed by atoms with van der Waals surface area (Å²) < 4.78 is 5.91. The van der Waals surface area contributed by atoms with E-state index in [1.807, 2.05) is 42.5 Å². The summed E-state index contributed by atoms with van der Waals surface area (Å²) in [5.41, 5.74) is 8.50. The molecule has 0 saturated heterocycles. The van der Waals surface area contributed by atoms with Crippen molar-refractivity contribution in [1.29, 1.82) is 0 Å². The number of rotatable bonds is 8. The number of anilines is 1. The van der Waals surface area contributed by atoms with E-state index in [9.17, 15) is 4.79 Å². The van der Waals surface area contributed by atoms with E-state index in [0.29, 0.717) is 12.3 Å². The molecule has 0 saturated carbocycles. The largest absolute Gasteiger partial charge is 0.492 e. The summed E-state index contributed by atoms with van der Waals surface area (Å²) in [5, 5.41) is 2.52. The molecule has 0 fully saturated rings. The number of nitrogens with zero attached hydrogens (tertiary/aromatic N) is 3. The van der Waals surface area contributed by atoms with Crippen molar-refractivity contribution in [2.75, 3.05) is 33.0 Å². The van der Waals surface area contributed by atoms with Crippen molar-refractivity contribution in [2.24, 2.45) is 0 Å². The summed E-state index contributed by atoms with van der Waals surface area (Å²) in [6, 6.07) is 17.9. The predicted octanol–water partition coefficient (Wildman–Crippen LogP) is 2.60. The van der Waals surface area contributed by atoms with Gasteiger partial charge in [-0.3, -0.25) is 9.69 Å². The quantitative estimate of drug-likeness (QED) is 0.613. The van der Waals surface area contributed by atoms with Crippen molar-refractivity contribution in [1.82, 2.24) is 20.2 Å². The van der Waals surface area contributed by atoms with E-state index in [4.69, 9.17) is 10.5 Å². The molecule has 1 aromatic heterocycles. The minimum Gasteiger partial charge on any atom is -0.492 e. The second kappa shape index (κ2) is 9.66. The highest BCUT2D eigenvalue weighted by Crippen LogP contribution is 2.23. The molecular weight excluding hydrogens is 366 g/mol. The Kier molecular flexibility index (Phi) is 6.76. The first-order chi connectivity index (χ1) is 14.1. The van der Waals surface area contributed by atoms with Gasteiger partial charge in [-0.1, -0.05) is 42.5 Å². The molecule has 7 nitrogen and oxygen atoms in total. The number of aromatic nitrogens is 2. The summed E-state index contributed by atoms with van der Waals surface area (Å²) in [6.07, 6.45) is 1.55. The van der Waals surface area contributed by atoms with E-state index in [1.165, 1.54) is 12.6 Å². The molecule has 0 aliphatic rings. The molecular formula is C22H25N5O2. The molecule has 3 rings (SSSR count). The Morgan fingerprint density at radius 2 is 1.97 bits per heavy atom. The van der Waals surface area contributed by atoms with Crippen LogP contribution in [-0.2, 0) is 6.54 Å². The lowest BCUT2D eigenvalue weighted by Gasteiger charge is -2.17. The summed E-state index contributed by atoms with van der Waals surface area (Å²) in [4.78, 5) is 22.5. The van der Waals surface area contributed by atoms with Crippen LogP contribution < -0.4 is 15.8 Å². The average molecular weight is 391 g/mol. The second-order valence-corrected chi connectivity index (χ2v) is 6.67. The first kappa shape index (κ1) is 20.3. The first-order valence-corrected chi connectivity index (χ1v) is 9.37. The third-order valence-corrected chi connectivity index (χ3v) is 4.41. The number of benzene rings is 2. The minimum atomic E-state index is -0.370. The van der Waals surface area contributed by atoms with Crippen LogP contribution in [0.5, 0.6) is 5.75 Å². The van der Waals surface area contributed by atoms with Gasteiger partial charge in [-0.05, 0) is 24.7 Å². The maximum Gasteiger partial charge on any atom is 0.273 e. The molecule has 1 amide bonds. The molecule has 1 heterocycles. The van der Waals surface area contributed by atoms with Gasteiger partial charge in [0.25, 0.3) is 5.91 Å². The van der Waals surface area contributed by atoms with Gasteiger partial charge in [0.2, 0.25) is 0 Å². The second-order valence-electron chi connectivity index (χ2n) is 6.67. The van der Waals surface area contributed by atoms with Crippen LogP contribution in [0, 0.1) is 0 Å². The predicted molar refractivity (Wildman–Crippen MR) is 114 cm³/mol. The standard InChI is InChI=1S/C22H25N5O2/c1-24-22(28)20-21(23)25-14-19(26-20)17-9-6-10-18(13-17)29-12-11-27(2)15-16-7-4-3-5-8-16/h3-10,13-14H,11-12,15H2,1-2H3,(H2,23,25)(H,24,28). The highest BCUT2D eigenvalue weighted by atomic mass is 16.5. The van der Waals surface area contributed by atoms with Crippen LogP contribution in [0.1, 0.15) is 16.1 Å². The summed E-state index contributed by atoms with van der Waals surface area (Å²) in [7, 11) is 3.59. The number of likely N-dealkylation sites (N-methyl/N-ethyl adjacent to an activating group) is 1. The number of nitrogen functional groups attached to an aromatic ring is 1. The molecule has 0 atom stereocenters. The molecule has 150 valence electrons. The van der Waals surface area contributed by atoms with Gasteiger partial charge in [-0.15, -0.1) is 0 Å². The smallest absolute Gasteiger partial charge is 0.273 e. The molecule has 0 unspecified atom stereocenters. The maximum atomic E-state index is 11.9. The maximum absolute atomic E-state index is 11.9. The monoisotopic (exact) mass is 391 g/mol. The molecule has 0 spiro atoms. The third-order valence-electron chi connectivity index (χ3n) is 4.41. The van der Waals surface area contributed by atoms with Crippen LogP contribution in [0.3, 0.4) is 0 Å². The fourth-order valence-electron chi connectivity index (χ4n) is 2.86. The summed E-state index contributed by atoms with van der Waals surface area (Å²) in [6.45, 7) is 2.22. The molecule has 0 aliphatic carbocycles. The van der Waals surface area contributed by atoms with Gasteiger partial charge in [0.05, 0.1) is 11.9 Å². The molecule has 29 heavy (non-hydrogen) atoms. The van der Waals surface area contributed by atoms with E-state index >= 15 is 0 Å². The zero-order chi connectivity index (χ0) is 20.6. The molecule has 0 aliphatic heterocycles. The van der Waals surface area contributed by atoms with Crippen LogP contribution in [-0.4, -0.2) is 48.0 Å². The Hall–Kier alpha value is -3.45. The van der Waals surface area contributed by atoms with E-state index < -0.39 is 0 Å². The van der Waals surface area contributed by atoms with Crippen molar-refractivity contribution < 1.29 is 9.53 Å². The topological polar surface area (TPSA) is 93.4 Å². The highest BCUT2D eigenvalue weighted by Gasteiger charge is 2.13. The zero-order valence-electron chi connectivity index (χ0n) is 16.6. The molecule has 0 bridgehead atoms. The number of nitrogens with one attached hydrogen (secondary N) is 1. The zero-order valence-corrected chi connectivity index (χ0v) is 16.6. The highest BCUT2D eigenvalue weighted by molar-refractivity contribution is 5.96. The number of hydrogen-bond donors (Lipinski definition) is 2. The molecule has 3 N–H and O–H groups in total. The van der Waals surface area contributed by atoms with Gasteiger partial charge in [0, 0.05) is 25.7 Å². The lowest BCUT2D eigenvalue weighted by atomic mass is 10.1. The van der Waals surface area contributed by atoms with Crippen molar-refractivity contribution >= 4 is 11.7 Å². The fourth-order valence-corrected chi connectivity index (χ4v) is 2.86. The van der Waals surface area contributed by atoms with E-state index in [2.05, 4.69) is 39.4 Å². The van der Waals surface area contributed by atoms with Crippen LogP contribution in [0.15, 0.2) is 60.8 Å². The lowest BCUT2D eigenvalue weighted by molar-refractivity contribution is 0.0959. The van der Waals surface area contributed by atoms with Gasteiger partial charge in [0.15, 0.2) is 11.5 Å². The Balaban J connectivity index is 1.62. The number of ether oxygens (including phenoxy) is 1. The van der Waals surface area contributed by atoms with Gasteiger partial charge in [-0.25, -0.2) is 9.97 Å². The van der Waals surface area contributed by atoms with E-state index in [1.54, 1.807) is 6.20 Å². The molecule has 0 radical (unpaired) electrons. The number of nitrogens with two attached hydrogens (primary N) is 1. The van der Waals surface area contributed by atoms with Gasteiger partial charge in [0.1, 0.15) is 12.4 Å². The minimum absolute atomic E-state index is 0.0990. The van der Waals surface area contributed by atoms with Crippen LogP contribution in [0.2, 0.25) is 0 Å². The Morgan fingerprint density at radius 1 is 1.17 bits per heavy atom. The molecule has 2 aromatic carbocycles. The van der Waals surface area contributed by atoms with Crippen LogP contribution in [0.25, 0.3) is 11.3 Å². The number of hydrogen-bond acceptors (Lipinski definition) is 6. The summed E-state index contributed by atoms with van der Waals surface area (Å²) in [5.74, 6) is 0.461. The third kappa shape index (κ3) is 5.52. The fraction of sp³-hybridized carbons (Fsp3) is 0.227. The van der Waals surface area contributed by atoms with Crippen molar-refractivity contribution in [3.05, 3.63) is 72.1 Å². The van der Waals surface area contributed by atoms with Crippen molar-refractivity contribution in [3.8, 4) is 17.0 Å². The Labute approximate surface area is 170 Å². The van der Waals surface area contributed by atoms with Gasteiger partial charge in [-0.2, -0.15) is 0 Å².